The number of aromatic nitrogens is 1. The Morgan fingerprint density at radius 3 is 2.58 bits per heavy atom. The standard InChI is InChI=1S/C22H32N4/c1-18-9-13-24-16-20(18)17-26(21-6-4-3-5-7-21)22-10-14-25(15-11-22)19(2)8-12-23/h3-7,9,13,16,19,22H,8,10-12,14-15,17,23H2,1-2H3/t19-/m1/s1. The first-order valence-electron chi connectivity index (χ1n) is 9.84. The smallest absolute Gasteiger partial charge is 0.0450 e. The molecule has 0 spiro atoms. The number of nitrogens with zero attached hydrogens (tertiary/aromatic N) is 3. The molecule has 1 fully saturated rings. The molecule has 0 amide bonds. The van der Waals surface area contributed by atoms with Crippen molar-refractivity contribution in [3.63, 3.8) is 0 Å². The number of pyridine rings is 1. The van der Waals surface area contributed by atoms with Gasteiger partial charge in [0.05, 0.1) is 0 Å². The van der Waals surface area contributed by atoms with Crippen molar-refractivity contribution in [1.29, 1.82) is 0 Å². The van der Waals surface area contributed by atoms with Crippen LogP contribution in [0.25, 0.3) is 0 Å². The molecule has 26 heavy (non-hydrogen) atoms. The Bertz CT molecular complexity index is 665. The number of benzene rings is 1. The molecule has 1 aromatic carbocycles. The molecule has 1 saturated heterocycles. The van der Waals surface area contributed by atoms with E-state index in [2.05, 4.69) is 65.0 Å². The van der Waals surface area contributed by atoms with Gasteiger partial charge in [0.15, 0.2) is 0 Å². The number of rotatable bonds is 7. The molecule has 0 bridgehead atoms. The molecule has 4 heteroatoms. The lowest BCUT2D eigenvalue weighted by Gasteiger charge is -2.42. The van der Waals surface area contributed by atoms with Crippen LogP contribution in [0.2, 0.25) is 0 Å². The Hall–Kier alpha value is -1.91. The second-order valence-corrected chi connectivity index (χ2v) is 7.46. The van der Waals surface area contributed by atoms with Gasteiger partial charge in [0.1, 0.15) is 0 Å². The van der Waals surface area contributed by atoms with Crippen LogP contribution < -0.4 is 10.6 Å². The van der Waals surface area contributed by atoms with Crippen molar-refractivity contribution < 1.29 is 0 Å². The zero-order chi connectivity index (χ0) is 18.4. The summed E-state index contributed by atoms with van der Waals surface area (Å²) >= 11 is 0. The lowest BCUT2D eigenvalue weighted by Crippen LogP contribution is -2.47. The van der Waals surface area contributed by atoms with Gasteiger partial charge in [-0.2, -0.15) is 0 Å². The average molecular weight is 353 g/mol. The van der Waals surface area contributed by atoms with Crippen molar-refractivity contribution >= 4 is 5.69 Å². The quantitative estimate of drug-likeness (QED) is 0.827. The molecule has 0 unspecified atom stereocenters. The molecule has 1 aromatic heterocycles. The molecule has 2 N–H and O–H groups in total. The Morgan fingerprint density at radius 2 is 1.92 bits per heavy atom. The van der Waals surface area contributed by atoms with Crippen molar-refractivity contribution in [2.45, 2.75) is 51.7 Å². The third-order valence-electron chi connectivity index (χ3n) is 5.72. The van der Waals surface area contributed by atoms with Crippen molar-refractivity contribution in [3.05, 3.63) is 59.9 Å². The fourth-order valence-electron chi connectivity index (χ4n) is 3.96. The van der Waals surface area contributed by atoms with E-state index in [4.69, 9.17) is 5.73 Å². The number of aryl methyl sites for hydroxylation is 1. The molecule has 0 saturated carbocycles. The molecule has 2 heterocycles. The number of anilines is 1. The van der Waals surface area contributed by atoms with Gasteiger partial charge in [-0.1, -0.05) is 18.2 Å². The lowest BCUT2D eigenvalue weighted by atomic mass is 9.99. The van der Waals surface area contributed by atoms with Gasteiger partial charge in [0, 0.05) is 49.8 Å². The van der Waals surface area contributed by atoms with Crippen LogP contribution in [0.3, 0.4) is 0 Å². The van der Waals surface area contributed by atoms with Gasteiger partial charge >= 0.3 is 0 Å². The zero-order valence-electron chi connectivity index (χ0n) is 16.1. The molecule has 0 radical (unpaired) electrons. The maximum Gasteiger partial charge on any atom is 0.0450 e. The van der Waals surface area contributed by atoms with Crippen molar-refractivity contribution in [3.8, 4) is 0 Å². The van der Waals surface area contributed by atoms with E-state index in [1.165, 1.54) is 29.7 Å². The van der Waals surface area contributed by atoms with Gasteiger partial charge in [-0.3, -0.25) is 4.98 Å². The van der Waals surface area contributed by atoms with E-state index in [0.717, 1.165) is 32.6 Å². The molecule has 0 aliphatic carbocycles. The van der Waals surface area contributed by atoms with Gasteiger partial charge in [-0.25, -0.2) is 0 Å². The largest absolute Gasteiger partial charge is 0.364 e. The first-order chi connectivity index (χ1) is 12.7. The fraction of sp³-hybridized carbons (Fsp3) is 0.500. The number of nitrogens with two attached hydrogens (primary N) is 1. The number of likely N-dealkylation sites (tertiary alicyclic amines) is 1. The number of piperidine rings is 1. The maximum absolute atomic E-state index is 5.75. The summed E-state index contributed by atoms with van der Waals surface area (Å²) < 4.78 is 0. The second kappa shape index (κ2) is 9.15. The first-order valence-corrected chi connectivity index (χ1v) is 9.84. The second-order valence-electron chi connectivity index (χ2n) is 7.46. The van der Waals surface area contributed by atoms with Gasteiger partial charge in [-0.15, -0.1) is 0 Å². The van der Waals surface area contributed by atoms with Crippen molar-refractivity contribution in [1.82, 2.24) is 9.88 Å². The van der Waals surface area contributed by atoms with E-state index in [0.29, 0.717) is 12.1 Å². The average Bonchev–Trinajstić information content (AvgIpc) is 2.68. The molecule has 2 aromatic rings. The Morgan fingerprint density at radius 1 is 1.19 bits per heavy atom. The number of para-hydroxylation sites is 1. The fourth-order valence-corrected chi connectivity index (χ4v) is 3.96. The Kier molecular flexibility index (Phi) is 6.64. The highest BCUT2D eigenvalue weighted by atomic mass is 15.2. The minimum absolute atomic E-state index is 0.568. The summed E-state index contributed by atoms with van der Waals surface area (Å²) in [5.41, 5.74) is 9.69. The topological polar surface area (TPSA) is 45.4 Å². The van der Waals surface area contributed by atoms with E-state index in [1.54, 1.807) is 0 Å². The summed E-state index contributed by atoms with van der Waals surface area (Å²) in [6, 6.07) is 14.1. The van der Waals surface area contributed by atoms with E-state index in [9.17, 15) is 0 Å². The van der Waals surface area contributed by atoms with Crippen LogP contribution in [-0.2, 0) is 6.54 Å². The summed E-state index contributed by atoms with van der Waals surface area (Å²) in [5.74, 6) is 0. The third-order valence-corrected chi connectivity index (χ3v) is 5.72. The third kappa shape index (κ3) is 4.63. The van der Waals surface area contributed by atoms with E-state index < -0.39 is 0 Å². The van der Waals surface area contributed by atoms with Crippen LogP contribution in [0.5, 0.6) is 0 Å². The van der Waals surface area contributed by atoms with Crippen LogP contribution in [0.15, 0.2) is 48.8 Å². The summed E-state index contributed by atoms with van der Waals surface area (Å²) in [6.45, 7) is 8.49. The summed E-state index contributed by atoms with van der Waals surface area (Å²) in [6.07, 6.45) is 7.38. The van der Waals surface area contributed by atoms with E-state index in [1.807, 2.05) is 12.4 Å². The summed E-state index contributed by atoms with van der Waals surface area (Å²) in [4.78, 5) is 9.52. The van der Waals surface area contributed by atoms with Crippen molar-refractivity contribution in [2.24, 2.45) is 5.73 Å². The molecule has 3 rings (SSSR count). The summed E-state index contributed by atoms with van der Waals surface area (Å²) in [7, 11) is 0. The van der Waals surface area contributed by atoms with E-state index >= 15 is 0 Å². The molecule has 140 valence electrons. The summed E-state index contributed by atoms with van der Waals surface area (Å²) in [5, 5.41) is 0. The van der Waals surface area contributed by atoms with Crippen molar-refractivity contribution in [2.75, 3.05) is 24.5 Å². The Balaban J connectivity index is 1.74. The van der Waals surface area contributed by atoms with Gasteiger partial charge in [0.25, 0.3) is 0 Å². The van der Waals surface area contributed by atoms with Crippen LogP contribution in [0, 0.1) is 6.92 Å². The lowest BCUT2D eigenvalue weighted by molar-refractivity contribution is 0.154. The molecular weight excluding hydrogens is 320 g/mol. The minimum atomic E-state index is 0.568. The maximum atomic E-state index is 5.75. The van der Waals surface area contributed by atoms with Gasteiger partial charge in [-0.05, 0) is 69.0 Å². The predicted octanol–water partition coefficient (Wildman–Crippen LogP) is 3.60. The first kappa shape index (κ1) is 18.9. The molecule has 1 aliphatic heterocycles. The number of hydrogen-bond donors (Lipinski definition) is 1. The van der Waals surface area contributed by atoms with E-state index in [-0.39, 0.29) is 0 Å². The molecular formula is C22H32N4. The van der Waals surface area contributed by atoms with Crippen LogP contribution in [0.1, 0.15) is 37.3 Å². The molecule has 4 nitrogen and oxygen atoms in total. The monoisotopic (exact) mass is 352 g/mol. The normalized spacial score (nSPS) is 17.2. The highest BCUT2D eigenvalue weighted by Gasteiger charge is 2.27. The molecule has 1 atom stereocenters. The molecule has 1 aliphatic rings. The highest BCUT2D eigenvalue weighted by Crippen LogP contribution is 2.27. The minimum Gasteiger partial charge on any atom is -0.364 e. The van der Waals surface area contributed by atoms with Gasteiger partial charge < -0.3 is 15.5 Å². The number of hydrogen-bond acceptors (Lipinski definition) is 4. The van der Waals surface area contributed by atoms with Gasteiger partial charge in [0.2, 0.25) is 0 Å². The highest BCUT2D eigenvalue weighted by molar-refractivity contribution is 5.48. The predicted molar refractivity (Wildman–Crippen MR) is 109 cm³/mol. The van der Waals surface area contributed by atoms with Crippen LogP contribution in [-0.4, -0.2) is 41.6 Å². The Labute approximate surface area is 158 Å². The SMILES string of the molecule is Cc1ccncc1CN(c1ccccc1)C1CCN([C@H](C)CCN)CC1. The zero-order valence-corrected chi connectivity index (χ0v) is 16.1. The van der Waals surface area contributed by atoms with Crippen LogP contribution >= 0.6 is 0 Å². The van der Waals surface area contributed by atoms with Crippen LogP contribution in [0.4, 0.5) is 5.69 Å².